The van der Waals surface area contributed by atoms with Gasteiger partial charge in [0.2, 0.25) is 5.91 Å². The highest BCUT2D eigenvalue weighted by molar-refractivity contribution is 5.80. The van der Waals surface area contributed by atoms with Crippen LogP contribution in [0, 0.1) is 5.92 Å². The molecule has 0 radical (unpaired) electrons. The standard InChI is InChI=1S/C29H34N4O2/c34-28(30-18-17-22-10-3-1-4-11-22)24-14-9-19-32(21-24)27-29(35)33(20-23-12-5-2-6-13-23)26-16-8-7-15-25(26)31-27/h2,5-8,10,12-13,15-16,24H,1,3-4,9,11,14,17-21H2,(H,30,34)/t24-/m1/s1. The van der Waals surface area contributed by atoms with Gasteiger partial charge in [-0.2, -0.15) is 0 Å². The van der Waals surface area contributed by atoms with Gasteiger partial charge in [-0.25, -0.2) is 4.98 Å². The molecule has 0 saturated carbocycles. The van der Waals surface area contributed by atoms with Crippen LogP contribution in [0.4, 0.5) is 5.82 Å². The first-order valence-corrected chi connectivity index (χ1v) is 12.9. The van der Waals surface area contributed by atoms with Gasteiger partial charge in [0.25, 0.3) is 5.56 Å². The molecule has 0 bridgehead atoms. The van der Waals surface area contributed by atoms with Crippen LogP contribution in [0.5, 0.6) is 0 Å². The lowest BCUT2D eigenvalue weighted by Gasteiger charge is -2.33. The number of carbonyl (C=O) groups excluding carboxylic acids is 1. The van der Waals surface area contributed by atoms with Gasteiger partial charge in [-0.1, -0.05) is 54.1 Å². The number of allylic oxidation sites excluding steroid dienone is 1. The van der Waals surface area contributed by atoms with E-state index < -0.39 is 0 Å². The molecule has 2 aliphatic rings. The zero-order chi connectivity index (χ0) is 24.0. The number of benzene rings is 2. The summed E-state index contributed by atoms with van der Waals surface area (Å²) in [6.45, 7) is 2.45. The van der Waals surface area contributed by atoms with Crippen molar-refractivity contribution in [1.29, 1.82) is 0 Å². The van der Waals surface area contributed by atoms with Gasteiger partial charge in [-0.3, -0.25) is 14.2 Å². The first-order valence-electron chi connectivity index (χ1n) is 12.9. The fourth-order valence-corrected chi connectivity index (χ4v) is 5.31. The molecular formula is C29H34N4O2. The summed E-state index contributed by atoms with van der Waals surface area (Å²) < 4.78 is 1.81. The molecule has 1 aliphatic carbocycles. The molecule has 5 rings (SSSR count). The number of aromatic nitrogens is 2. The van der Waals surface area contributed by atoms with Crippen molar-refractivity contribution in [2.75, 3.05) is 24.5 Å². The zero-order valence-electron chi connectivity index (χ0n) is 20.3. The highest BCUT2D eigenvalue weighted by atomic mass is 16.2. The van der Waals surface area contributed by atoms with Crippen molar-refractivity contribution in [2.24, 2.45) is 5.92 Å². The summed E-state index contributed by atoms with van der Waals surface area (Å²) in [5.41, 5.74) is 4.07. The summed E-state index contributed by atoms with van der Waals surface area (Å²) in [6.07, 6.45) is 9.87. The van der Waals surface area contributed by atoms with E-state index in [-0.39, 0.29) is 17.4 Å². The Kier molecular flexibility index (Phi) is 7.26. The van der Waals surface area contributed by atoms with Crippen LogP contribution in [0.3, 0.4) is 0 Å². The fraction of sp³-hybridized carbons (Fsp3) is 0.414. The number of rotatable bonds is 7. The fourth-order valence-electron chi connectivity index (χ4n) is 5.31. The van der Waals surface area contributed by atoms with Crippen molar-refractivity contribution < 1.29 is 4.79 Å². The predicted octanol–water partition coefficient (Wildman–Crippen LogP) is 4.67. The van der Waals surface area contributed by atoms with E-state index in [0.717, 1.165) is 48.8 Å². The van der Waals surface area contributed by atoms with Gasteiger partial charge in [-0.05, 0) is 62.6 Å². The lowest BCUT2D eigenvalue weighted by Crippen LogP contribution is -2.45. The minimum atomic E-state index is -0.126. The molecule has 35 heavy (non-hydrogen) atoms. The molecule has 2 heterocycles. The molecule has 182 valence electrons. The lowest BCUT2D eigenvalue weighted by atomic mass is 9.96. The molecule has 1 aromatic heterocycles. The second-order valence-corrected chi connectivity index (χ2v) is 9.74. The van der Waals surface area contributed by atoms with Crippen LogP contribution in [0.25, 0.3) is 11.0 Å². The molecule has 6 heteroatoms. The Balaban J connectivity index is 1.33. The Labute approximate surface area is 206 Å². The largest absolute Gasteiger partial charge is 0.355 e. The molecule has 1 saturated heterocycles. The predicted molar refractivity (Wildman–Crippen MR) is 141 cm³/mol. The SMILES string of the molecule is O=C(NCCC1=CCCCC1)[C@@H]1CCCN(c2nc3ccccc3n(Cc3ccccc3)c2=O)C1. The second kappa shape index (κ2) is 10.9. The second-order valence-electron chi connectivity index (χ2n) is 9.74. The lowest BCUT2D eigenvalue weighted by molar-refractivity contribution is -0.125. The van der Waals surface area contributed by atoms with Crippen molar-refractivity contribution in [1.82, 2.24) is 14.9 Å². The maximum absolute atomic E-state index is 13.7. The topological polar surface area (TPSA) is 67.2 Å². The van der Waals surface area contributed by atoms with Crippen LogP contribution in [-0.4, -0.2) is 35.1 Å². The molecule has 1 aliphatic heterocycles. The number of carbonyl (C=O) groups is 1. The van der Waals surface area contributed by atoms with Crippen molar-refractivity contribution in [3.05, 3.63) is 82.2 Å². The third-order valence-corrected chi connectivity index (χ3v) is 7.24. The summed E-state index contributed by atoms with van der Waals surface area (Å²) in [4.78, 5) is 33.4. The van der Waals surface area contributed by atoms with Crippen molar-refractivity contribution in [2.45, 2.75) is 51.5 Å². The van der Waals surface area contributed by atoms with E-state index in [9.17, 15) is 9.59 Å². The van der Waals surface area contributed by atoms with Gasteiger partial charge in [-0.15, -0.1) is 0 Å². The highest BCUT2D eigenvalue weighted by Gasteiger charge is 2.28. The van der Waals surface area contributed by atoms with E-state index in [1.165, 1.54) is 24.8 Å². The van der Waals surface area contributed by atoms with Crippen molar-refractivity contribution in [3.8, 4) is 0 Å². The van der Waals surface area contributed by atoms with Crippen molar-refractivity contribution >= 4 is 22.8 Å². The zero-order valence-corrected chi connectivity index (χ0v) is 20.3. The quantitative estimate of drug-likeness (QED) is 0.510. The number of hydrogen-bond donors (Lipinski definition) is 1. The summed E-state index contributed by atoms with van der Waals surface area (Å²) in [7, 11) is 0. The van der Waals surface area contributed by atoms with Crippen LogP contribution >= 0.6 is 0 Å². The van der Waals surface area contributed by atoms with Gasteiger partial charge >= 0.3 is 0 Å². The van der Waals surface area contributed by atoms with E-state index in [1.807, 2.05) is 64.1 Å². The molecule has 3 aromatic rings. The van der Waals surface area contributed by atoms with E-state index in [4.69, 9.17) is 4.98 Å². The van der Waals surface area contributed by atoms with Crippen molar-refractivity contribution in [3.63, 3.8) is 0 Å². The minimum absolute atomic E-state index is 0.0940. The normalized spacial score (nSPS) is 18.3. The Morgan fingerprint density at radius 1 is 1.03 bits per heavy atom. The van der Waals surface area contributed by atoms with Crippen LogP contribution in [0.1, 0.15) is 50.5 Å². The number of hydrogen-bond acceptors (Lipinski definition) is 4. The summed E-state index contributed by atoms with van der Waals surface area (Å²) >= 11 is 0. The third-order valence-electron chi connectivity index (χ3n) is 7.24. The number of nitrogens with one attached hydrogen (secondary N) is 1. The smallest absolute Gasteiger partial charge is 0.294 e. The van der Waals surface area contributed by atoms with Gasteiger partial charge in [0.1, 0.15) is 0 Å². The van der Waals surface area contributed by atoms with Gasteiger partial charge < -0.3 is 10.2 Å². The van der Waals surface area contributed by atoms with E-state index in [0.29, 0.717) is 25.5 Å². The Morgan fingerprint density at radius 3 is 2.69 bits per heavy atom. The summed E-state index contributed by atoms with van der Waals surface area (Å²) in [5, 5.41) is 3.15. The number of piperidine rings is 1. The molecule has 0 unspecified atom stereocenters. The van der Waals surface area contributed by atoms with Crippen LogP contribution in [0.15, 0.2) is 71.0 Å². The van der Waals surface area contributed by atoms with Crippen LogP contribution in [0.2, 0.25) is 0 Å². The first-order chi connectivity index (χ1) is 17.2. The van der Waals surface area contributed by atoms with Gasteiger partial charge in [0.15, 0.2) is 5.82 Å². The molecule has 1 amide bonds. The molecule has 1 fully saturated rings. The average molecular weight is 471 g/mol. The van der Waals surface area contributed by atoms with E-state index >= 15 is 0 Å². The molecule has 1 N–H and O–H groups in total. The Hall–Kier alpha value is -3.41. The average Bonchev–Trinajstić information content (AvgIpc) is 2.91. The van der Waals surface area contributed by atoms with Crippen LogP contribution < -0.4 is 15.8 Å². The maximum Gasteiger partial charge on any atom is 0.294 e. The summed E-state index contributed by atoms with van der Waals surface area (Å²) in [5.74, 6) is 0.417. The molecular weight excluding hydrogens is 436 g/mol. The number of anilines is 1. The minimum Gasteiger partial charge on any atom is -0.355 e. The van der Waals surface area contributed by atoms with E-state index in [2.05, 4.69) is 11.4 Å². The van der Waals surface area contributed by atoms with Gasteiger partial charge in [0, 0.05) is 19.6 Å². The Bertz CT molecular complexity index is 1260. The molecule has 1 atom stereocenters. The van der Waals surface area contributed by atoms with E-state index in [1.54, 1.807) is 0 Å². The molecule has 0 spiro atoms. The number of amides is 1. The maximum atomic E-state index is 13.7. The molecule has 2 aromatic carbocycles. The number of nitrogens with zero attached hydrogens (tertiary/aromatic N) is 3. The monoisotopic (exact) mass is 470 g/mol. The highest BCUT2D eigenvalue weighted by Crippen LogP contribution is 2.23. The first kappa shape index (κ1) is 23.3. The summed E-state index contributed by atoms with van der Waals surface area (Å²) in [6, 6.07) is 17.8. The van der Waals surface area contributed by atoms with Crippen LogP contribution in [-0.2, 0) is 11.3 Å². The van der Waals surface area contributed by atoms with Gasteiger partial charge in [0.05, 0.1) is 23.5 Å². The molecule has 6 nitrogen and oxygen atoms in total. The Morgan fingerprint density at radius 2 is 1.86 bits per heavy atom. The number of fused-ring (bicyclic) bond motifs is 1. The number of para-hydroxylation sites is 2. The third kappa shape index (κ3) is 5.47.